The van der Waals surface area contributed by atoms with Crippen molar-refractivity contribution in [1.82, 2.24) is 14.9 Å². The van der Waals surface area contributed by atoms with E-state index in [0.29, 0.717) is 11.7 Å². The zero-order valence-corrected chi connectivity index (χ0v) is 11.2. The molecule has 3 rings (SSSR count). The molecule has 2 heterocycles. The number of hydrogen-bond acceptors (Lipinski definition) is 5. The van der Waals surface area contributed by atoms with Crippen LogP contribution in [0.3, 0.4) is 0 Å². The number of hydrogen-bond donors (Lipinski definition) is 2. The highest BCUT2D eigenvalue weighted by Gasteiger charge is 2.31. The van der Waals surface area contributed by atoms with E-state index in [0.717, 1.165) is 43.7 Å². The SMILES string of the molecule is CC[C@H]1CN(CC2=CCc3c(N)ncnc32)C[C@H]1O. The number of nitrogens with two attached hydrogens (primary N) is 1. The van der Waals surface area contributed by atoms with E-state index in [1.807, 2.05) is 0 Å². The maximum atomic E-state index is 9.97. The maximum absolute atomic E-state index is 9.97. The van der Waals surface area contributed by atoms with Crippen molar-refractivity contribution in [3.63, 3.8) is 0 Å². The smallest absolute Gasteiger partial charge is 0.130 e. The van der Waals surface area contributed by atoms with Gasteiger partial charge in [-0.25, -0.2) is 9.97 Å². The van der Waals surface area contributed by atoms with Crippen molar-refractivity contribution in [3.05, 3.63) is 23.7 Å². The summed E-state index contributed by atoms with van der Waals surface area (Å²) in [6.45, 7) is 4.70. The summed E-state index contributed by atoms with van der Waals surface area (Å²) in [6, 6.07) is 0. The number of nitrogens with zero attached hydrogens (tertiary/aromatic N) is 3. The molecule has 0 saturated carbocycles. The second kappa shape index (κ2) is 4.90. The molecule has 5 nitrogen and oxygen atoms in total. The molecule has 19 heavy (non-hydrogen) atoms. The highest BCUT2D eigenvalue weighted by molar-refractivity contribution is 5.74. The molecule has 1 aliphatic carbocycles. The third kappa shape index (κ3) is 2.24. The molecular weight excluding hydrogens is 240 g/mol. The number of aliphatic hydroxyl groups is 1. The van der Waals surface area contributed by atoms with E-state index < -0.39 is 0 Å². The lowest BCUT2D eigenvalue weighted by Crippen LogP contribution is -2.24. The Kier molecular flexibility index (Phi) is 3.24. The van der Waals surface area contributed by atoms with Crippen LogP contribution >= 0.6 is 0 Å². The molecule has 2 aliphatic rings. The van der Waals surface area contributed by atoms with Gasteiger partial charge in [0.2, 0.25) is 0 Å². The number of β-amino-alcohol motifs (C(OH)–C–C–N with tert-alkyl or cyclic N) is 1. The molecule has 1 saturated heterocycles. The van der Waals surface area contributed by atoms with E-state index in [1.165, 1.54) is 11.9 Å². The molecule has 102 valence electrons. The Balaban J connectivity index is 1.72. The number of nitrogen functional groups attached to an aromatic ring is 1. The van der Waals surface area contributed by atoms with Crippen molar-refractivity contribution in [2.45, 2.75) is 25.9 Å². The average Bonchev–Trinajstić information content (AvgIpc) is 2.95. The summed E-state index contributed by atoms with van der Waals surface area (Å²) in [5.41, 5.74) is 9.12. The Morgan fingerprint density at radius 2 is 2.26 bits per heavy atom. The van der Waals surface area contributed by atoms with E-state index in [4.69, 9.17) is 5.73 Å². The van der Waals surface area contributed by atoms with Crippen LogP contribution in [-0.2, 0) is 6.42 Å². The molecule has 1 aliphatic heterocycles. The molecule has 0 amide bonds. The lowest BCUT2D eigenvalue weighted by molar-refractivity contribution is 0.141. The minimum atomic E-state index is -0.193. The zero-order valence-electron chi connectivity index (χ0n) is 11.2. The third-order valence-electron chi connectivity index (χ3n) is 4.24. The van der Waals surface area contributed by atoms with E-state index >= 15 is 0 Å². The van der Waals surface area contributed by atoms with Crippen molar-refractivity contribution >= 4 is 11.4 Å². The summed E-state index contributed by atoms with van der Waals surface area (Å²) >= 11 is 0. The summed E-state index contributed by atoms with van der Waals surface area (Å²) in [7, 11) is 0. The number of allylic oxidation sites excluding steroid dienone is 1. The van der Waals surface area contributed by atoms with Crippen molar-refractivity contribution in [3.8, 4) is 0 Å². The van der Waals surface area contributed by atoms with Gasteiger partial charge >= 0.3 is 0 Å². The van der Waals surface area contributed by atoms with Gasteiger partial charge in [0.1, 0.15) is 12.1 Å². The molecule has 0 radical (unpaired) electrons. The molecule has 0 bridgehead atoms. The number of anilines is 1. The Hall–Kier alpha value is -1.46. The summed E-state index contributed by atoms with van der Waals surface area (Å²) in [5, 5.41) is 9.97. The molecule has 0 aromatic carbocycles. The van der Waals surface area contributed by atoms with E-state index in [1.54, 1.807) is 0 Å². The van der Waals surface area contributed by atoms with Crippen LogP contribution in [0.2, 0.25) is 0 Å². The monoisotopic (exact) mass is 260 g/mol. The van der Waals surface area contributed by atoms with Crippen LogP contribution in [0.25, 0.3) is 5.57 Å². The highest BCUT2D eigenvalue weighted by Crippen LogP contribution is 2.30. The van der Waals surface area contributed by atoms with Crippen molar-refractivity contribution in [2.24, 2.45) is 5.92 Å². The highest BCUT2D eigenvalue weighted by atomic mass is 16.3. The number of aromatic nitrogens is 2. The summed E-state index contributed by atoms with van der Waals surface area (Å²) < 4.78 is 0. The first-order valence-corrected chi connectivity index (χ1v) is 6.88. The first-order valence-electron chi connectivity index (χ1n) is 6.88. The van der Waals surface area contributed by atoms with Gasteiger partial charge in [-0.05, 0) is 24.3 Å². The Morgan fingerprint density at radius 3 is 3.00 bits per heavy atom. The number of likely N-dealkylation sites (tertiary alicyclic amines) is 1. The molecular formula is C14H20N4O. The van der Waals surface area contributed by atoms with Crippen LogP contribution < -0.4 is 5.73 Å². The predicted octanol–water partition coefficient (Wildman–Crippen LogP) is 0.701. The zero-order chi connectivity index (χ0) is 13.4. The molecule has 1 fully saturated rings. The van der Waals surface area contributed by atoms with Gasteiger partial charge in [0, 0.05) is 25.2 Å². The predicted molar refractivity (Wildman–Crippen MR) is 74.4 cm³/mol. The summed E-state index contributed by atoms with van der Waals surface area (Å²) in [5.74, 6) is 0.987. The number of aliphatic hydroxyl groups excluding tert-OH is 1. The minimum absolute atomic E-state index is 0.193. The van der Waals surface area contributed by atoms with Crippen LogP contribution in [0.5, 0.6) is 0 Å². The van der Waals surface area contributed by atoms with E-state index in [9.17, 15) is 5.11 Å². The van der Waals surface area contributed by atoms with E-state index in [2.05, 4.69) is 27.9 Å². The molecule has 5 heteroatoms. The van der Waals surface area contributed by atoms with Crippen LogP contribution in [0.4, 0.5) is 5.82 Å². The van der Waals surface area contributed by atoms with Gasteiger partial charge in [-0.3, -0.25) is 4.90 Å². The fraction of sp³-hybridized carbons (Fsp3) is 0.571. The van der Waals surface area contributed by atoms with Gasteiger partial charge < -0.3 is 10.8 Å². The van der Waals surface area contributed by atoms with Crippen molar-refractivity contribution in [1.29, 1.82) is 0 Å². The fourth-order valence-electron chi connectivity index (χ4n) is 3.08. The fourth-order valence-corrected chi connectivity index (χ4v) is 3.08. The maximum Gasteiger partial charge on any atom is 0.130 e. The first kappa shape index (κ1) is 12.6. The summed E-state index contributed by atoms with van der Waals surface area (Å²) in [6.07, 6.45) is 5.37. The molecule has 0 spiro atoms. The number of rotatable bonds is 3. The first-order chi connectivity index (χ1) is 9.19. The third-order valence-corrected chi connectivity index (χ3v) is 4.24. The van der Waals surface area contributed by atoms with Gasteiger partial charge in [-0.1, -0.05) is 13.0 Å². The van der Waals surface area contributed by atoms with Gasteiger partial charge in [0.25, 0.3) is 0 Å². The van der Waals surface area contributed by atoms with Gasteiger partial charge in [0.05, 0.1) is 11.8 Å². The lowest BCUT2D eigenvalue weighted by Gasteiger charge is -2.16. The Morgan fingerprint density at radius 1 is 1.42 bits per heavy atom. The normalized spacial score (nSPS) is 26.5. The standard InChI is InChI=1S/C14H20N4O/c1-2-9-5-18(7-12(9)19)6-10-3-4-11-13(10)16-8-17-14(11)15/h3,8-9,12,19H,2,4-7H2,1H3,(H2,15,16,17)/t9-,12+/m0/s1. The Labute approximate surface area is 113 Å². The van der Waals surface area contributed by atoms with Crippen LogP contribution in [-0.4, -0.2) is 45.7 Å². The molecule has 0 unspecified atom stereocenters. The largest absolute Gasteiger partial charge is 0.391 e. The minimum Gasteiger partial charge on any atom is -0.391 e. The average molecular weight is 260 g/mol. The van der Waals surface area contributed by atoms with E-state index in [-0.39, 0.29) is 6.10 Å². The van der Waals surface area contributed by atoms with Gasteiger partial charge in [0.15, 0.2) is 0 Å². The molecule has 1 aromatic rings. The second-order valence-electron chi connectivity index (χ2n) is 5.45. The van der Waals surface area contributed by atoms with Crippen LogP contribution in [0, 0.1) is 5.92 Å². The van der Waals surface area contributed by atoms with Crippen LogP contribution in [0.1, 0.15) is 24.6 Å². The number of fused-ring (bicyclic) bond motifs is 1. The second-order valence-corrected chi connectivity index (χ2v) is 5.45. The van der Waals surface area contributed by atoms with Gasteiger partial charge in [-0.2, -0.15) is 0 Å². The lowest BCUT2D eigenvalue weighted by atomic mass is 10.0. The Bertz CT molecular complexity index is 514. The topological polar surface area (TPSA) is 75.3 Å². The van der Waals surface area contributed by atoms with Crippen molar-refractivity contribution < 1.29 is 5.11 Å². The molecule has 3 N–H and O–H groups in total. The van der Waals surface area contributed by atoms with Crippen LogP contribution in [0.15, 0.2) is 12.4 Å². The summed E-state index contributed by atoms with van der Waals surface area (Å²) in [4.78, 5) is 10.7. The van der Waals surface area contributed by atoms with Gasteiger partial charge in [-0.15, -0.1) is 0 Å². The molecule has 2 atom stereocenters. The quantitative estimate of drug-likeness (QED) is 0.837. The molecule has 1 aromatic heterocycles. The van der Waals surface area contributed by atoms with Crippen molar-refractivity contribution in [2.75, 3.05) is 25.4 Å².